The third-order valence-electron chi connectivity index (χ3n) is 3.95. The molecule has 29 heavy (non-hydrogen) atoms. The zero-order valence-corrected chi connectivity index (χ0v) is 14.9. The summed E-state index contributed by atoms with van der Waals surface area (Å²) in [6.07, 6.45) is -4.45. The SMILES string of the molecule is NC(=O)c1cccc(NC(=O)c2ccccc2Oc2ccc(C(F)(F)F)cc2)c1. The molecular formula is C21H15F3N2O3. The molecule has 0 spiro atoms. The predicted molar refractivity (Wildman–Crippen MR) is 101 cm³/mol. The lowest BCUT2D eigenvalue weighted by Gasteiger charge is -2.13. The number of hydrogen-bond donors (Lipinski definition) is 2. The second kappa shape index (κ2) is 8.05. The maximum atomic E-state index is 12.7. The number of carbonyl (C=O) groups excluding carboxylic acids is 2. The Morgan fingerprint density at radius 1 is 0.897 bits per heavy atom. The van der Waals surface area contributed by atoms with Gasteiger partial charge in [-0.3, -0.25) is 9.59 Å². The first-order chi connectivity index (χ1) is 13.7. The fourth-order valence-corrected chi connectivity index (χ4v) is 2.53. The summed E-state index contributed by atoms with van der Waals surface area (Å²) in [6, 6.07) is 16.5. The maximum absolute atomic E-state index is 12.7. The van der Waals surface area contributed by atoms with Gasteiger partial charge < -0.3 is 15.8 Å². The minimum absolute atomic E-state index is 0.147. The molecule has 0 radical (unpaired) electrons. The first kappa shape index (κ1) is 19.9. The topological polar surface area (TPSA) is 81.4 Å². The summed E-state index contributed by atoms with van der Waals surface area (Å²) < 4.78 is 43.6. The minimum Gasteiger partial charge on any atom is -0.457 e. The van der Waals surface area contributed by atoms with Crippen molar-refractivity contribution >= 4 is 17.5 Å². The third kappa shape index (κ3) is 4.92. The van der Waals surface area contributed by atoms with Gasteiger partial charge in [-0.1, -0.05) is 18.2 Å². The second-order valence-electron chi connectivity index (χ2n) is 6.02. The van der Waals surface area contributed by atoms with E-state index in [1.807, 2.05) is 0 Å². The van der Waals surface area contributed by atoms with Crippen LogP contribution in [0.4, 0.5) is 18.9 Å². The van der Waals surface area contributed by atoms with E-state index in [4.69, 9.17) is 10.5 Å². The normalized spacial score (nSPS) is 11.0. The molecule has 3 aromatic rings. The number of nitrogens with one attached hydrogen (secondary N) is 1. The van der Waals surface area contributed by atoms with Crippen LogP contribution in [0, 0.1) is 0 Å². The number of ether oxygens (including phenoxy) is 1. The van der Waals surface area contributed by atoms with Gasteiger partial charge in [0.1, 0.15) is 11.5 Å². The van der Waals surface area contributed by atoms with E-state index in [-0.39, 0.29) is 22.6 Å². The van der Waals surface area contributed by atoms with E-state index in [0.717, 1.165) is 12.1 Å². The van der Waals surface area contributed by atoms with Crippen LogP contribution in [-0.2, 0) is 6.18 Å². The minimum atomic E-state index is -4.45. The summed E-state index contributed by atoms with van der Waals surface area (Å²) in [5, 5.41) is 2.63. The van der Waals surface area contributed by atoms with Gasteiger partial charge in [-0.25, -0.2) is 0 Å². The summed E-state index contributed by atoms with van der Waals surface area (Å²) in [4.78, 5) is 23.9. The van der Waals surface area contributed by atoms with E-state index in [1.54, 1.807) is 24.3 Å². The molecule has 148 valence electrons. The monoisotopic (exact) mass is 400 g/mol. The van der Waals surface area contributed by atoms with E-state index in [9.17, 15) is 22.8 Å². The molecule has 0 aliphatic heterocycles. The molecule has 2 amide bonds. The van der Waals surface area contributed by atoms with E-state index in [2.05, 4.69) is 5.32 Å². The Morgan fingerprint density at radius 3 is 2.24 bits per heavy atom. The average molecular weight is 400 g/mol. The van der Waals surface area contributed by atoms with Crippen molar-refractivity contribution in [1.29, 1.82) is 0 Å². The van der Waals surface area contributed by atoms with Crippen molar-refractivity contribution in [2.75, 3.05) is 5.32 Å². The van der Waals surface area contributed by atoms with Crippen molar-refractivity contribution in [3.63, 3.8) is 0 Å². The molecule has 0 bridgehead atoms. The van der Waals surface area contributed by atoms with Gasteiger partial charge >= 0.3 is 6.18 Å². The number of carbonyl (C=O) groups is 2. The Hall–Kier alpha value is -3.81. The van der Waals surface area contributed by atoms with Crippen LogP contribution in [-0.4, -0.2) is 11.8 Å². The summed E-state index contributed by atoms with van der Waals surface area (Å²) in [7, 11) is 0. The van der Waals surface area contributed by atoms with Crippen molar-refractivity contribution in [1.82, 2.24) is 0 Å². The molecular weight excluding hydrogens is 385 g/mol. The Balaban J connectivity index is 1.80. The van der Waals surface area contributed by atoms with Crippen LogP contribution in [0.5, 0.6) is 11.5 Å². The summed E-state index contributed by atoms with van der Waals surface area (Å²) in [5.41, 5.74) is 5.18. The molecule has 0 fully saturated rings. The number of amides is 2. The number of primary amides is 1. The lowest BCUT2D eigenvalue weighted by molar-refractivity contribution is -0.137. The van der Waals surface area contributed by atoms with Gasteiger partial charge in [-0.05, 0) is 54.6 Å². The predicted octanol–water partition coefficient (Wildman–Crippen LogP) is 4.85. The van der Waals surface area contributed by atoms with Crippen LogP contribution >= 0.6 is 0 Å². The van der Waals surface area contributed by atoms with E-state index < -0.39 is 23.6 Å². The molecule has 0 aliphatic rings. The zero-order valence-electron chi connectivity index (χ0n) is 14.9. The lowest BCUT2D eigenvalue weighted by atomic mass is 10.1. The molecule has 3 aromatic carbocycles. The molecule has 8 heteroatoms. The number of nitrogens with two attached hydrogens (primary N) is 1. The van der Waals surface area contributed by atoms with Crippen LogP contribution in [0.25, 0.3) is 0 Å². The van der Waals surface area contributed by atoms with Crippen molar-refractivity contribution in [2.45, 2.75) is 6.18 Å². The highest BCUT2D eigenvalue weighted by Crippen LogP contribution is 2.32. The molecule has 0 heterocycles. The molecule has 3 rings (SSSR count). The lowest BCUT2D eigenvalue weighted by Crippen LogP contribution is -2.15. The molecule has 0 saturated heterocycles. The van der Waals surface area contributed by atoms with Crippen LogP contribution in [0.3, 0.4) is 0 Å². The van der Waals surface area contributed by atoms with E-state index in [1.165, 1.54) is 36.4 Å². The molecule has 0 saturated carbocycles. The van der Waals surface area contributed by atoms with Crippen molar-refractivity contribution in [3.8, 4) is 11.5 Å². The fraction of sp³-hybridized carbons (Fsp3) is 0.0476. The summed E-state index contributed by atoms with van der Waals surface area (Å²) >= 11 is 0. The summed E-state index contributed by atoms with van der Waals surface area (Å²) in [6.45, 7) is 0. The summed E-state index contributed by atoms with van der Waals surface area (Å²) in [5.74, 6) is -0.842. The van der Waals surface area contributed by atoms with E-state index >= 15 is 0 Å². The molecule has 0 atom stereocenters. The number of halogens is 3. The van der Waals surface area contributed by atoms with Gasteiger partial charge in [-0.15, -0.1) is 0 Å². The first-order valence-electron chi connectivity index (χ1n) is 8.39. The smallest absolute Gasteiger partial charge is 0.416 e. The van der Waals surface area contributed by atoms with Crippen LogP contribution in [0.2, 0.25) is 0 Å². The Morgan fingerprint density at radius 2 is 1.59 bits per heavy atom. The number of alkyl halides is 3. The maximum Gasteiger partial charge on any atom is 0.416 e. The van der Waals surface area contributed by atoms with Gasteiger partial charge in [0.2, 0.25) is 5.91 Å². The van der Waals surface area contributed by atoms with Gasteiger partial charge in [0, 0.05) is 11.3 Å². The molecule has 3 N–H and O–H groups in total. The Bertz CT molecular complexity index is 1050. The van der Waals surface area contributed by atoms with Crippen molar-refractivity contribution < 1.29 is 27.5 Å². The van der Waals surface area contributed by atoms with Gasteiger partial charge in [0.25, 0.3) is 5.91 Å². The molecule has 0 aliphatic carbocycles. The number of para-hydroxylation sites is 1. The van der Waals surface area contributed by atoms with Crippen molar-refractivity contribution in [3.05, 3.63) is 89.5 Å². The van der Waals surface area contributed by atoms with Crippen LogP contribution in [0.1, 0.15) is 26.3 Å². The molecule has 0 aromatic heterocycles. The zero-order chi connectivity index (χ0) is 21.0. The number of anilines is 1. The number of benzene rings is 3. The van der Waals surface area contributed by atoms with E-state index in [0.29, 0.717) is 5.69 Å². The number of rotatable bonds is 5. The standard InChI is InChI=1S/C21H15F3N2O3/c22-21(23,24)14-8-10-16(11-9-14)29-18-7-2-1-6-17(18)20(28)26-15-5-3-4-13(12-15)19(25)27/h1-12H,(H2,25,27)(H,26,28). The Kier molecular flexibility index (Phi) is 5.54. The largest absolute Gasteiger partial charge is 0.457 e. The Labute approximate surface area is 163 Å². The molecule has 5 nitrogen and oxygen atoms in total. The highest BCUT2D eigenvalue weighted by Gasteiger charge is 2.30. The second-order valence-corrected chi connectivity index (χ2v) is 6.02. The van der Waals surface area contributed by atoms with Gasteiger partial charge in [-0.2, -0.15) is 13.2 Å². The highest BCUT2D eigenvalue weighted by atomic mass is 19.4. The number of hydrogen-bond acceptors (Lipinski definition) is 3. The molecule has 0 unspecified atom stereocenters. The third-order valence-corrected chi connectivity index (χ3v) is 3.95. The van der Waals surface area contributed by atoms with Crippen LogP contribution in [0.15, 0.2) is 72.8 Å². The highest BCUT2D eigenvalue weighted by molar-refractivity contribution is 6.06. The van der Waals surface area contributed by atoms with Crippen molar-refractivity contribution in [2.24, 2.45) is 5.73 Å². The fourth-order valence-electron chi connectivity index (χ4n) is 2.53. The van der Waals surface area contributed by atoms with Gasteiger partial charge in [0.15, 0.2) is 0 Å². The quantitative estimate of drug-likeness (QED) is 0.642. The van der Waals surface area contributed by atoms with Gasteiger partial charge in [0.05, 0.1) is 11.1 Å². The average Bonchev–Trinajstić information content (AvgIpc) is 2.68. The first-order valence-corrected chi connectivity index (χ1v) is 8.39. The van der Waals surface area contributed by atoms with Crippen LogP contribution < -0.4 is 15.8 Å².